The summed E-state index contributed by atoms with van der Waals surface area (Å²) in [5.74, 6) is -0.823. The highest BCUT2D eigenvalue weighted by Crippen LogP contribution is 2.42. The molecule has 118 valence electrons. The third-order valence-electron chi connectivity index (χ3n) is 3.63. The van der Waals surface area contributed by atoms with Gasteiger partial charge in [0.2, 0.25) is 0 Å². The number of nitriles is 1. The topological polar surface area (TPSA) is 64.3 Å². The Kier molecular flexibility index (Phi) is 3.92. The molecule has 1 amide bonds. The number of alkyl halides is 3. The minimum Gasteiger partial charge on any atom is -0.396 e. The Morgan fingerprint density at radius 2 is 2.00 bits per heavy atom. The summed E-state index contributed by atoms with van der Waals surface area (Å²) in [6.45, 7) is 3.08. The van der Waals surface area contributed by atoms with E-state index >= 15 is 0 Å². The molecule has 0 radical (unpaired) electrons. The van der Waals surface area contributed by atoms with Crippen LogP contribution in [0.4, 0.5) is 13.2 Å². The molecule has 1 heterocycles. The number of carbonyl (C=O) groups is 1. The van der Waals surface area contributed by atoms with Crippen molar-refractivity contribution < 1.29 is 23.1 Å². The van der Waals surface area contributed by atoms with Gasteiger partial charge in [0.1, 0.15) is 6.04 Å². The number of rotatable bonds is 3. The van der Waals surface area contributed by atoms with Gasteiger partial charge in [0.25, 0.3) is 5.91 Å². The van der Waals surface area contributed by atoms with Crippen LogP contribution in [0.1, 0.15) is 41.4 Å². The summed E-state index contributed by atoms with van der Waals surface area (Å²) in [5.41, 5.74) is -2.14. The van der Waals surface area contributed by atoms with Gasteiger partial charge in [-0.3, -0.25) is 4.79 Å². The van der Waals surface area contributed by atoms with Crippen molar-refractivity contribution in [1.82, 2.24) is 4.90 Å². The molecule has 0 saturated heterocycles. The van der Waals surface area contributed by atoms with Gasteiger partial charge in [-0.15, -0.1) is 0 Å². The van der Waals surface area contributed by atoms with Crippen molar-refractivity contribution in [2.24, 2.45) is 5.41 Å². The lowest BCUT2D eigenvalue weighted by molar-refractivity contribution is -0.137. The Balaban J connectivity index is 2.53. The van der Waals surface area contributed by atoms with E-state index < -0.39 is 34.7 Å². The van der Waals surface area contributed by atoms with E-state index in [0.29, 0.717) is 0 Å². The van der Waals surface area contributed by atoms with Crippen LogP contribution in [0, 0.1) is 16.7 Å². The molecule has 0 spiro atoms. The van der Waals surface area contributed by atoms with E-state index in [2.05, 4.69) is 0 Å². The molecule has 1 atom stereocenters. The SMILES string of the molecule is CC(C)(CO)CN1C(=O)c2c(cccc2C(F)(F)F)C1C#N. The van der Waals surface area contributed by atoms with Crippen LogP contribution in [0.25, 0.3) is 0 Å². The first-order chi connectivity index (χ1) is 10.1. The van der Waals surface area contributed by atoms with Gasteiger partial charge in [0.15, 0.2) is 0 Å². The molecule has 7 heteroatoms. The highest BCUT2D eigenvalue weighted by Gasteiger charge is 2.45. The molecule has 1 aromatic rings. The third kappa shape index (κ3) is 2.66. The summed E-state index contributed by atoms with van der Waals surface area (Å²) in [6.07, 6.45) is -4.66. The summed E-state index contributed by atoms with van der Waals surface area (Å²) in [4.78, 5) is 13.5. The number of amides is 1. The fraction of sp³-hybridized carbons (Fsp3) is 0.467. The average Bonchev–Trinajstić information content (AvgIpc) is 2.70. The molecule has 1 unspecified atom stereocenters. The van der Waals surface area contributed by atoms with Gasteiger partial charge in [-0.2, -0.15) is 18.4 Å². The lowest BCUT2D eigenvalue weighted by Crippen LogP contribution is -2.38. The molecule has 0 bridgehead atoms. The monoisotopic (exact) mass is 312 g/mol. The van der Waals surface area contributed by atoms with Crippen LogP contribution < -0.4 is 0 Å². The zero-order valence-corrected chi connectivity index (χ0v) is 12.1. The molecular formula is C15H15F3N2O2. The van der Waals surface area contributed by atoms with Gasteiger partial charge in [0, 0.05) is 24.1 Å². The standard InChI is InChI=1S/C15H15F3N2O2/c1-14(2,8-21)7-20-11(6-19)9-4-3-5-10(15(16,17)18)12(9)13(20)22/h3-5,11,21H,7-8H2,1-2H3. The minimum atomic E-state index is -4.66. The minimum absolute atomic E-state index is 0.00740. The van der Waals surface area contributed by atoms with Crippen LogP contribution in [0.3, 0.4) is 0 Å². The molecule has 1 aromatic carbocycles. The number of benzene rings is 1. The van der Waals surface area contributed by atoms with Gasteiger partial charge >= 0.3 is 6.18 Å². The number of aliphatic hydroxyl groups excluding tert-OH is 1. The Morgan fingerprint density at radius 1 is 1.36 bits per heavy atom. The van der Waals surface area contributed by atoms with E-state index in [1.807, 2.05) is 6.07 Å². The maximum Gasteiger partial charge on any atom is 0.417 e. The number of carbonyl (C=O) groups excluding carboxylic acids is 1. The maximum atomic E-state index is 13.1. The maximum absolute atomic E-state index is 13.1. The first-order valence-electron chi connectivity index (χ1n) is 6.64. The van der Waals surface area contributed by atoms with Crippen molar-refractivity contribution >= 4 is 5.91 Å². The first-order valence-corrected chi connectivity index (χ1v) is 6.64. The quantitative estimate of drug-likeness (QED) is 0.933. The second kappa shape index (κ2) is 5.29. The number of nitrogens with zero attached hydrogens (tertiary/aromatic N) is 2. The molecule has 2 rings (SSSR count). The number of aliphatic hydroxyl groups is 1. The molecule has 1 aliphatic rings. The molecule has 0 aromatic heterocycles. The van der Waals surface area contributed by atoms with E-state index in [0.717, 1.165) is 11.0 Å². The van der Waals surface area contributed by atoms with Crippen LogP contribution in [-0.4, -0.2) is 29.1 Å². The van der Waals surface area contributed by atoms with Gasteiger partial charge in [-0.25, -0.2) is 0 Å². The Bertz CT molecular complexity index is 647. The molecule has 1 N–H and O–H groups in total. The van der Waals surface area contributed by atoms with Gasteiger partial charge < -0.3 is 10.0 Å². The number of halogens is 3. The molecule has 1 aliphatic heterocycles. The van der Waals surface area contributed by atoms with E-state index in [-0.39, 0.29) is 18.7 Å². The molecule has 0 fully saturated rings. The van der Waals surface area contributed by atoms with Crippen molar-refractivity contribution in [1.29, 1.82) is 5.26 Å². The zero-order valence-electron chi connectivity index (χ0n) is 12.1. The summed E-state index contributed by atoms with van der Waals surface area (Å²) >= 11 is 0. The molecule has 4 nitrogen and oxygen atoms in total. The Hall–Kier alpha value is -2.07. The van der Waals surface area contributed by atoms with E-state index in [1.165, 1.54) is 12.1 Å². The summed E-state index contributed by atoms with van der Waals surface area (Å²) in [6, 6.07) is 4.21. The van der Waals surface area contributed by atoms with E-state index in [9.17, 15) is 28.3 Å². The van der Waals surface area contributed by atoms with Gasteiger partial charge in [-0.1, -0.05) is 26.0 Å². The lowest BCUT2D eigenvalue weighted by atomic mass is 9.93. The molecule has 0 saturated carbocycles. The summed E-state index contributed by atoms with van der Waals surface area (Å²) in [5, 5.41) is 18.6. The van der Waals surface area contributed by atoms with Crippen molar-refractivity contribution in [3.8, 4) is 6.07 Å². The van der Waals surface area contributed by atoms with Crippen molar-refractivity contribution in [3.05, 3.63) is 34.9 Å². The Labute approximate surface area is 125 Å². The molecular weight excluding hydrogens is 297 g/mol. The first kappa shape index (κ1) is 16.3. The predicted molar refractivity (Wildman–Crippen MR) is 71.7 cm³/mol. The molecule has 22 heavy (non-hydrogen) atoms. The average molecular weight is 312 g/mol. The van der Waals surface area contributed by atoms with Crippen molar-refractivity contribution in [2.75, 3.05) is 13.2 Å². The van der Waals surface area contributed by atoms with Crippen LogP contribution in [-0.2, 0) is 6.18 Å². The second-order valence-corrected chi connectivity index (χ2v) is 6.05. The lowest BCUT2D eigenvalue weighted by Gasteiger charge is -2.30. The van der Waals surface area contributed by atoms with E-state index in [4.69, 9.17) is 0 Å². The Morgan fingerprint density at radius 3 is 2.50 bits per heavy atom. The summed E-state index contributed by atoms with van der Waals surface area (Å²) in [7, 11) is 0. The van der Waals surface area contributed by atoms with Gasteiger partial charge in [-0.05, 0) is 6.07 Å². The number of hydrogen-bond donors (Lipinski definition) is 1. The smallest absolute Gasteiger partial charge is 0.396 e. The van der Waals surface area contributed by atoms with Crippen LogP contribution >= 0.6 is 0 Å². The summed E-state index contributed by atoms with van der Waals surface area (Å²) < 4.78 is 39.3. The highest BCUT2D eigenvalue weighted by molar-refractivity contribution is 6.01. The van der Waals surface area contributed by atoms with Crippen molar-refractivity contribution in [3.63, 3.8) is 0 Å². The molecule has 0 aliphatic carbocycles. The zero-order chi connectivity index (χ0) is 16.7. The van der Waals surface area contributed by atoms with Crippen LogP contribution in [0.15, 0.2) is 18.2 Å². The van der Waals surface area contributed by atoms with Crippen molar-refractivity contribution in [2.45, 2.75) is 26.1 Å². The predicted octanol–water partition coefficient (Wildman–Crippen LogP) is 2.74. The number of hydrogen-bond acceptors (Lipinski definition) is 3. The fourth-order valence-corrected chi connectivity index (χ4v) is 2.52. The largest absolute Gasteiger partial charge is 0.417 e. The fourth-order valence-electron chi connectivity index (χ4n) is 2.52. The van der Waals surface area contributed by atoms with Crippen LogP contribution in [0.2, 0.25) is 0 Å². The number of fused-ring (bicyclic) bond motifs is 1. The van der Waals surface area contributed by atoms with Crippen LogP contribution in [0.5, 0.6) is 0 Å². The third-order valence-corrected chi connectivity index (χ3v) is 3.63. The second-order valence-electron chi connectivity index (χ2n) is 6.05. The highest BCUT2D eigenvalue weighted by atomic mass is 19.4. The van der Waals surface area contributed by atoms with Gasteiger partial charge in [0.05, 0.1) is 17.2 Å². The van der Waals surface area contributed by atoms with E-state index in [1.54, 1.807) is 13.8 Å². The normalized spacial score (nSPS) is 18.3.